The summed E-state index contributed by atoms with van der Waals surface area (Å²) >= 11 is 0. The van der Waals surface area contributed by atoms with Gasteiger partial charge in [0.2, 0.25) is 11.8 Å². The van der Waals surface area contributed by atoms with Crippen molar-refractivity contribution in [1.29, 1.82) is 0 Å². The fourth-order valence-corrected chi connectivity index (χ4v) is 4.89. The first-order valence-electron chi connectivity index (χ1n) is 11.3. The number of carbonyl (C=O) groups excluding carboxylic acids is 2. The van der Waals surface area contributed by atoms with Crippen LogP contribution in [0.3, 0.4) is 0 Å². The van der Waals surface area contributed by atoms with Crippen molar-refractivity contribution in [1.82, 2.24) is 10.2 Å². The lowest BCUT2D eigenvalue weighted by Crippen LogP contribution is -2.49. The number of hydrogen-bond donors (Lipinski definition) is 1. The van der Waals surface area contributed by atoms with Gasteiger partial charge in [0.1, 0.15) is 0 Å². The van der Waals surface area contributed by atoms with E-state index in [0.29, 0.717) is 24.8 Å². The van der Waals surface area contributed by atoms with E-state index < -0.39 is 0 Å². The Bertz CT molecular complexity index is 614. The Balaban J connectivity index is 1.25. The van der Waals surface area contributed by atoms with E-state index in [1.54, 1.807) is 0 Å². The van der Waals surface area contributed by atoms with Gasteiger partial charge in [0.05, 0.1) is 0 Å². The molecule has 4 heteroatoms. The predicted octanol–water partition coefficient (Wildman–Crippen LogP) is 4.48. The van der Waals surface area contributed by atoms with Crippen molar-refractivity contribution in [2.75, 3.05) is 13.1 Å². The van der Waals surface area contributed by atoms with E-state index in [4.69, 9.17) is 0 Å². The number of hydrogen-bond acceptors (Lipinski definition) is 2. The highest BCUT2D eigenvalue weighted by molar-refractivity contribution is 5.77. The molecule has 2 atom stereocenters. The second kappa shape index (κ2) is 11.2. The molecule has 1 aromatic rings. The molecule has 1 saturated carbocycles. The van der Waals surface area contributed by atoms with Gasteiger partial charge in [-0.2, -0.15) is 0 Å². The second-order valence-corrected chi connectivity index (χ2v) is 8.49. The molecule has 2 unspecified atom stereocenters. The number of benzene rings is 1. The molecule has 1 aromatic carbocycles. The van der Waals surface area contributed by atoms with Crippen LogP contribution in [0.25, 0.3) is 0 Å². The van der Waals surface area contributed by atoms with Crippen LogP contribution in [-0.2, 0) is 16.0 Å². The molecule has 2 amide bonds. The average molecular weight is 385 g/mol. The molecule has 0 aromatic heterocycles. The molecule has 28 heavy (non-hydrogen) atoms. The summed E-state index contributed by atoms with van der Waals surface area (Å²) in [6.45, 7) is 1.67. The van der Waals surface area contributed by atoms with Crippen LogP contribution < -0.4 is 5.32 Å². The van der Waals surface area contributed by atoms with Crippen LogP contribution in [0, 0.1) is 5.92 Å². The molecule has 2 fully saturated rings. The Morgan fingerprint density at radius 1 is 0.929 bits per heavy atom. The zero-order chi connectivity index (χ0) is 19.6. The molecule has 1 aliphatic heterocycles. The number of nitrogens with one attached hydrogen (secondary N) is 1. The van der Waals surface area contributed by atoms with Crippen LogP contribution in [0.2, 0.25) is 0 Å². The maximum Gasteiger partial charge on any atom is 0.222 e. The normalized spacial score (nSPS) is 21.8. The van der Waals surface area contributed by atoms with Gasteiger partial charge in [-0.25, -0.2) is 0 Å². The van der Waals surface area contributed by atoms with Gasteiger partial charge in [-0.3, -0.25) is 9.59 Å². The summed E-state index contributed by atoms with van der Waals surface area (Å²) in [5.41, 5.74) is 1.31. The molecule has 0 spiro atoms. The van der Waals surface area contributed by atoms with E-state index in [2.05, 4.69) is 22.3 Å². The minimum atomic E-state index is 0.117. The van der Waals surface area contributed by atoms with E-state index >= 15 is 0 Å². The van der Waals surface area contributed by atoms with Crippen LogP contribution in [0.5, 0.6) is 0 Å². The van der Waals surface area contributed by atoms with Gasteiger partial charge >= 0.3 is 0 Å². The molecule has 3 rings (SSSR count). The third kappa shape index (κ3) is 6.35. The number of rotatable bonds is 9. The standard InChI is InChI=1S/C24H36N2O2/c27-23(25-18-8-12-20-10-2-1-3-11-20)16-6-7-17-24(28)26-19-9-14-21-13-4-5-15-22(21)26/h1-3,10-11,21-22H,4-9,12-19H2,(H,25,27). The molecule has 1 heterocycles. The van der Waals surface area contributed by atoms with E-state index in [0.717, 1.165) is 51.1 Å². The second-order valence-electron chi connectivity index (χ2n) is 8.49. The number of unbranched alkanes of at least 4 members (excludes halogenated alkanes) is 1. The summed E-state index contributed by atoms with van der Waals surface area (Å²) in [7, 11) is 0. The van der Waals surface area contributed by atoms with Gasteiger partial charge in [0, 0.05) is 32.0 Å². The number of nitrogens with zero attached hydrogens (tertiary/aromatic N) is 1. The van der Waals surface area contributed by atoms with Gasteiger partial charge in [-0.1, -0.05) is 43.2 Å². The number of carbonyl (C=O) groups is 2. The van der Waals surface area contributed by atoms with Crippen molar-refractivity contribution in [3.05, 3.63) is 35.9 Å². The van der Waals surface area contributed by atoms with Crippen molar-refractivity contribution in [2.45, 2.75) is 83.1 Å². The number of likely N-dealkylation sites (tertiary alicyclic amines) is 1. The van der Waals surface area contributed by atoms with Crippen LogP contribution in [-0.4, -0.2) is 35.8 Å². The monoisotopic (exact) mass is 384 g/mol. The van der Waals surface area contributed by atoms with Crippen molar-refractivity contribution in [3.63, 3.8) is 0 Å². The molecular weight excluding hydrogens is 348 g/mol. The van der Waals surface area contributed by atoms with Gasteiger partial charge in [-0.15, -0.1) is 0 Å². The first kappa shape index (κ1) is 20.9. The van der Waals surface area contributed by atoms with Crippen LogP contribution in [0.4, 0.5) is 0 Å². The van der Waals surface area contributed by atoms with Crippen LogP contribution in [0.15, 0.2) is 30.3 Å². The third-order valence-corrected chi connectivity index (χ3v) is 6.42. The zero-order valence-electron chi connectivity index (χ0n) is 17.2. The largest absolute Gasteiger partial charge is 0.356 e. The van der Waals surface area contributed by atoms with Gasteiger partial charge in [0.25, 0.3) is 0 Å². The Morgan fingerprint density at radius 2 is 1.68 bits per heavy atom. The maximum atomic E-state index is 12.7. The smallest absolute Gasteiger partial charge is 0.222 e. The SMILES string of the molecule is O=C(CCCCC(=O)N1CCCC2CCCCC21)NCCCc1ccccc1. The predicted molar refractivity (Wildman–Crippen MR) is 113 cm³/mol. The molecule has 2 aliphatic rings. The molecule has 0 bridgehead atoms. The van der Waals surface area contributed by atoms with Crippen molar-refractivity contribution < 1.29 is 9.59 Å². The van der Waals surface area contributed by atoms with Gasteiger partial charge in [0.15, 0.2) is 0 Å². The van der Waals surface area contributed by atoms with Crippen molar-refractivity contribution in [3.8, 4) is 0 Å². The van der Waals surface area contributed by atoms with E-state index in [1.165, 1.54) is 37.7 Å². The summed E-state index contributed by atoms with van der Waals surface area (Å²) in [6, 6.07) is 10.9. The molecule has 1 aliphatic carbocycles. The number of fused-ring (bicyclic) bond motifs is 1. The lowest BCUT2D eigenvalue weighted by Gasteiger charge is -2.44. The summed E-state index contributed by atoms with van der Waals surface area (Å²) in [6.07, 6.45) is 12.3. The number of aryl methyl sites for hydroxylation is 1. The molecule has 1 N–H and O–H groups in total. The minimum absolute atomic E-state index is 0.117. The topological polar surface area (TPSA) is 49.4 Å². The fraction of sp³-hybridized carbons (Fsp3) is 0.667. The molecule has 4 nitrogen and oxygen atoms in total. The zero-order valence-corrected chi connectivity index (χ0v) is 17.2. The minimum Gasteiger partial charge on any atom is -0.356 e. The Kier molecular flexibility index (Phi) is 8.38. The Hall–Kier alpha value is -1.84. The molecular formula is C24H36N2O2. The maximum absolute atomic E-state index is 12.7. The van der Waals surface area contributed by atoms with Gasteiger partial charge in [-0.05, 0) is 62.8 Å². The number of amides is 2. The van der Waals surface area contributed by atoms with Gasteiger partial charge < -0.3 is 10.2 Å². The quantitative estimate of drug-likeness (QED) is 0.638. The lowest BCUT2D eigenvalue weighted by molar-refractivity contribution is -0.137. The summed E-state index contributed by atoms with van der Waals surface area (Å²) < 4.78 is 0. The summed E-state index contributed by atoms with van der Waals surface area (Å²) in [5.74, 6) is 1.18. The average Bonchev–Trinajstić information content (AvgIpc) is 2.74. The van der Waals surface area contributed by atoms with E-state index in [9.17, 15) is 9.59 Å². The van der Waals surface area contributed by atoms with Crippen molar-refractivity contribution >= 4 is 11.8 Å². The van der Waals surface area contributed by atoms with Crippen LogP contribution in [0.1, 0.15) is 76.2 Å². The highest BCUT2D eigenvalue weighted by Crippen LogP contribution is 2.35. The highest BCUT2D eigenvalue weighted by atomic mass is 16.2. The molecule has 1 saturated heterocycles. The van der Waals surface area contributed by atoms with Crippen LogP contribution >= 0.6 is 0 Å². The first-order chi connectivity index (χ1) is 13.7. The lowest BCUT2D eigenvalue weighted by atomic mass is 9.78. The summed E-state index contributed by atoms with van der Waals surface area (Å²) in [5, 5.41) is 3.01. The summed E-state index contributed by atoms with van der Waals surface area (Å²) in [4.78, 5) is 26.8. The molecule has 0 radical (unpaired) electrons. The third-order valence-electron chi connectivity index (χ3n) is 6.42. The Morgan fingerprint density at radius 3 is 2.54 bits per heavy atom. The first-order valence-corrected chi connectivity index (χ1v) is 11.3. The molecule has 154 valence electrons. The highest BCUT2D eigenvalue weighted by Gasteiger charge is 2.35. The van der Waals surface area contributed by atoms with E-state index in [1.807, 2.05) is 18.2 Å². The number of piperidine rings is 1. The Labute approximate surface area is 170 Å². The fourth-order valence-electron chi connectivity index (χ4n) is 4.89. The van der Waals surface area contributed by atoms with Crippen molar-refractivity contribution in [2.24, 2.45) is 5.92 Å². The van der Waals surface area contributed by atoms with E-state index in [-0.39, 0.29) is 5.91 Å².